The number of rotatable bonds is 6. The number of hydrogen-bond donors (Lipinski definition) is 3. The molecule has 0 saturated heterocycles. The summed E-state index contributed by atoms with van der Waals surface area (Å²) in [5, 5.41) is 13.1. The Morgan fingerprint density at radius 1 is 1.24 bits per heavy atom. The third kappa shape index (κ3) is 4.65. The molecule has 0 radical (unpaired) electrons. The second-order valence-electron chi connectivity index (χ2n) is 8.72. The number of allylic oxidation sites excluding steroid dienone is 5. The van der Waals surface area contributed by atoms with Crippen molar-refractivity contribution in [1.29, 1.82) is 0 Å². The molecule has 178 valence electrons. The van der Waals surface area contributed by atoms with Gasteiger partial charge in [-0.25, -0.2) is 9.18 Å². The molecule has 2 amide bonds. The molecule has 3 N–H and O–H groups in total. The van der Waals surface area contributed by atoms with E-state index in [0.29, 0.717) is 29.9 Å². The first-order valence-electron chi connectivity index (χ1n) is 11.1. The van der Waals surface area contributed by atoms with E-state index >= 15 is 0 Å². The van der Waals surface area contributed by atoms with E-state index in [1.165, 1.54) is 24.3 Å². The van der Waals surface area contributed by atoms with Gasteiger partial charge in [0.05, 0.1) is 17.8 Å². The number of likely N-dealkylation sites (N-methyl/N-ethyl adjacent to an activating group) is 1. The minimum Gasteiger partial charge on any atom is -0.440 e. The number of carbonyl (C=O) groups excluding carboxylic acids is 2. The number of nitrogens with one attached hydrogen (secondary N) is 3. The number of fused-ring (bicyclic) bond motifs is 1. The lowest BCUT2D eigenvalue weighted by atomic mass is 10.0. The molecule has 1 aromatic carbocycles. The third-order valence-electron chi connectivity index (χ3n) is 6.10. The highest BCUT2D eigenvalue weighted by molar-refractivity contribution is 6.04. The number of nitrogens with zero attached hydrogens (tertiary/aromatic N) is 2. The van der Waals surface area contributed by atoms with Gasteiger partial charge >= 0.3 is 6.09 Å². The molecule has 0 fully saturated rings. The quantitative estimate of drug-likeness (QED) is 0.599. The highest BCUT2D eigenvalue weighted by Crippen LogP contribution is 2.41. The summed E-state index contributed by atoms with van der Waals surface area (Å²) in [4.78, 5) is 27.5. The summed E-state index contributed by atoms with van der Waals surface area (Å²) in [6, 6.07) is 5.25. The Hall–Kier alpha value is -3.72. The van der Waals surface area contributed by atoms with Crippen LogP contribution in [0.5, 0.6) is 0 Å². The van der Waals surface area contributed by atoms with Crippen molar-refractivity contribution >= 4 is 17.8 Å². The van der Waals surface area contributed by atoms with Gasteiger partial charge in [0.2, 0.25) is 0 Å². The van der Waals surface area contributed by atoms with Gasteiger partial charge in [0, 0.05) is 17.7 Å². The highest BCUT2D eigenvalue weighted by Gasteiger charge is 2.45. The SMILES string of the molecule is CNC[C@@H](OC(=O)N1Cc2c(NC(=O)c3ccc(F)cc3)n[nH]c2C1(C)C)C1=CC=CC=CC1. The predicted octanol–water partition coefficient (Wildman–Crippen LogP) is 4.02. The van der Waals surface area contributed by atoms with E-state index in [0.717, 1.165) is 11.3 Å². The lowest BCUT2D eigenvalue weighted by Crippen LogP contribution is -2.44. The third-order valence-corrected chi connectivity index (χ3v) is 6.10. The second-order valence-corrected chi connectivity index (χ2v) is 8.72. The van der Waals surface area contributed by atoms with Gasteiger partial charge in [-0.1, -0.05) is 30.4 Å². The number of amides is 2. The molecule has 4 rings (SSSR count). The predicted molar refractivity (Wildman–Crippen MR) is 127 cm³/mol. The van der Waals surface area contributed by atoms with Crippen LogP contribution in [0.3, 0.4) is 0 Å². The average Bonchev–Trinajstić information content (AvgIpc) is 3.17. The molecule has 0 bridgehead atoms. The number of benzene rings is 1. The fourth-order valence-electron chi connectivity index (χ4n) is 4.14. The molecule has 1 aliphatic carbocycles. The molecular weight excluding hydrogens is 437 g/mol. The monoisotopic (exact) mass is 465 g/mol. The Kier molecular flexibility index (Phi) is 6.65. The summed E-state index contributed by atoms with van der Waals surface area (Å²) in [5.41, 5.74) is 2.02. The number of halogens is 1. The first kappa shape index (κ1) is 23.4. The van der Waals surface area contributed by atoms with Crippen LogP contribution in [-0.4, -0.2) is 46.8 Å². The van der Waals surface area contributed by atoms with Crippen molar-refractivity contribution in [2.45, 2.75) is 38.5 Å². The number of ether oxygens (including phenoxy) is 1. The Morgan fingerprint density at radius 3 is 2.74 bits per heavy atom. The van der Waals surface area contributed by atoms with E-state index in [2.05, 4.69) is 20.8 Å². The summed E-state index contributed by atoms with van der Waals surface area (Å²) >= 11 is 0. The number of H-pyrrole nitrogens is 1. The maximum absolute atomic E-state index is 13.3. The fraction of sp³-hybridized carbons (Fsp3) is 0.320. The Labute approximate surface area is 197 Å². The normalized spacial score (nSPS) is 17.1. The molecule has 1 atom stereocenters. The summed E-state index contributed by atoms with van der Waals surface area (Å²) in [7, 11) is 1.82. The fourth-order valence-corrected chi connectivity index (χ4v) is 4.14. The Morgan fingerprint density at radius 2 is 2.00 bits per heavy atom. The van der Waals surface area contributed by atoms with Gasteiger partial charge in [0.25, 0.3) is 5.91 Å². The minimum atomic E-state index is -0.722. The van der Waals surface area contributed by atoms with Crippen LogP contribution >= 0.6 is 0 Å². The topological polar surface area (TPSA) is 99.3 Å². The van der Waals surface area contributed by atoms with Gasteiger partial charge in [0.15, 0.2) is 5.82 Å². The van der Waals surface area contributed by atoms with Gasteiger partial charge in [-0.3, -0.25) is 14.8 Å². The molecule has 8 nitrogen and oxygen atoms in total. The van der Waals surface area contributed by atoms with Gasteiger partial charge in [-0.05, 0) is 57.2 Å². The number of carbonyl (C=O) groups is 2. The van der Waals surface area contributed by atoms with E-state index in [1.54, 1.807) is 4.90 Å². The van der Waals surface area contributed by atoms with Crippen LogP contribution in [0.2, 0.25) is 0 Å². The molecule has 2 heterocycles. The van der Waals surface area contributed by atoms with Crippen molar-refractivity contribution in [1.82, 2.24) is 20.4 Å². The number of anilines is 1. The van der Waals surface area contributed by atoms with Crippen LogP contribution in [0.25, 0.3) is 0 Å². The smallest absolute Gasteiger partial charge is 0.411 e. The molecule has 2 aromatic rings. The van der Waals surface area contributed by atoms with E-state index in [1.807, 2.05) is 51.3 Å². The zero-order valence-corrected chi connectivity index (χ0v) is 19.4. The Balaban J connectivity index is 1.50. The summed E-state index contributed by atoms with van der Waals surface area (Å²) in [6.45, 7) is 4.50. The first-order chi connectivity index (χ1) is 16.3. The molecule has 1 aromatic heterocycles. The molecule has 0 saturated carbocycles. The summed E-state index contributed by atoms with van der Waals surface area (Å²) in [5.74, 6) is -0.499. The van der Waals surface area contributed by atoms with Crippen molar-refractivity contribution in [3.63, 3.8) is 0 Å². The van der Waals surface area contributed by atoms with Crippen LogP contribution in [0.15, 0.2) is 60.2 Å². The van der Waals surface area contributed by atoms with E-state index < -0.39 is 29.5 Å². The molecule has 2 aliphatic rings. The van der Waals surface area contributed by atoms with Gasteiger partial charge in [-0.2, -0.15) is 5.10 Å². The lowest BCUT2D eigenvalue weighted by Gasteiger charge is -2.32. The second kappa shape index (κ2) is 9.64. The van der Waals surface area contributed by atoms with Crippen LogP contribution in [0.1, 0.15) is 41.9 Å². The minimum absolute atomic E-state index is 0.224. The lowest BCUT2D eigenvalue weighted by molar-refractivity contribution is 0.0453. The molecule has 1 aliphatic heterocycles. The first-order valence-corrected chi connectivity index (χ1v) is 11.1. The van der Waals surface area contributed by atoms with Crippen LogP contribution < -0.4 is 10.6 Å². The Bertz CT molecular complexity index is 1160. The zero-order chi connectivity index (χ0) is 24.3. The molecule has 0 spiro atoms. The number of hydrogen-bond acceptors (Lipinski definition) is 5. The molecule has 34 heavy (non-hydrogen) atoms. The van der Waals surface area contributed by atoms with Crippen molar-refractivity contribution in [2.75, 3.05) is 18.9 Å². The summed E-state index contributed by atoms with van der Waals surface area (Å²) in [6.07, 6.45) is 9.65. The zero-order valence-electron chi connectivity index (χ0n) is 19.4. The van der Waals surface area contributed by atoms with Crippen molar-refractivity contribution in [3.8, 4) is 0 Å². The van der Waals surface area contributed by atoms with E-state index in [-0.39, 0.29) is 6.54 Å². The standard InChI is InChI=1S/C25H28FN5O3/c1-25(2)21-19(22(30-29-21)28-23(32)17-10-12-18(26)13-11-17)15-31(25)24(33)34-20(14-27-3)16-8-6-4-5-7-9-16/h4-8,10-13,20,27H,9,14-15H2,1-3H3,(H2,28,29,30,32)/t20-/m1/s1. The van der Waals surface area contributed by atoms with Gasteiger partial charge < -0.3 is 15.4 Å². The van der Waals surface area contributed by atoms with Crippen molar-refractivity contribution in [3.05, 3.63) is 82.9 Å². The summed E-state index contributed by atoms with van der Waals surface area (Å²) < 4.78 is 19.1. The van der Waals surface area contributed by atoms with Crippen LogP contribution in [0, 0.1) is 5.82 Å². The number of aromatic nitrogens is 2. The average molecular weight is 466 g/mol. The molecular formula is C25H28FN5O3. The van der Waals surface area contributed by atoms with Crippen LogP contribution in [0.4, 0.5) is 15.0 Å². The molecule has 0 unspecified atom stereocenters. The van der Waals surface area contributed by atoms with Crippen molar-refractivity contribution < 1.29 is 18.7 Å². The van der Waals surface area contributed by atoms with Gasteiger partial charge in [-0.15, -0.1) is 0 Å². The van der Waals surface area contributed by atoms with Crippen LogP contribution in [-0.2, 0) is 16.8 Å². The van der Waals surface area contributed by atoms with Gasteiger partial charge in [0.1, 0.15) is 11.9 Å². The largest absolute Gasteiger partial charge is 0.440 e. The maximum atomic E-state index is 13.3. The maximum Gasteiger partial charge on any atom is 0.411 e. The van der Waals surface area contributed by atoms with E-state index in [4.69, 9.17) is 4.74 Å². The van der Waals surface area contributed by atoms with E-state index in [9.17, 15) is 14.0 Å². The highest BCUT2D eigenvalue weighted by atomic mass is 19.1. The van der Waals surface area contributed by atoms with Crippen molar-refractivity contribution in [2.24, 2.45) is 0 Å². The number of aromatic amines is 1. The molecule has 9 heteroatoms.